The number of aromatic hydroxyl groups is 1. The summed E-state index contributed by atoms with van der Waals surface area (Å²) in [5.41, 5.74) is 1.11. The molecule has 0 heterocycles. The van der Waals surface area contributed by atoms with E-state index in [-0.39, 0.29) is 17.8 Å². The first-order chi connectivity index (χ1) is 8.13. The topological polar surface area (TPSA) is 58.6 Å². The number of carbonyl (C=O) groups is 1. The van der Waals surface area contributed by atoms with E-state index in [9.17, 15) is 4.79 Å². The van der Waals surface area contributed by atoms with Crippen molar-refractivity contribution in [3.05, 3.63) is 29.8 Å². The maximum Gasteiger partial charge on any atom is 0.305 e. The van der Waals surface area contributed by atoms with Crippen LogP contribution in [0, 0.1) is 0 Å². The molecule has 0 fully saturated rings. The number of benzene rings is 1. The van der Waals surface area contributed by atoms with E-state index < -0.39 is 0 Å². The van der Waals surface area contributed by atoms with Gasteiger partial charge in [-0.3, -0.25) is 4.79 Å². The Morgan fingerprint density at radius 2 is 2.06 bits per heavy atom. The summed E-state index contributed by atoms with van der Waals surface area (Å²) in [7, 11) is 1.40. The molecule has 0 spiro atoms. The van der Waals surface area contributed by atoms with Gasteiger partial charge < -0.3 is 15.2 Å². The molecule has 1 unspecified atom stereocenters. The second kappa shape index (κ2) is 6.91. The van der Waals surface area contributed by atoms with Crippen molar-refractivity contribution in [1.82, 2.24) is 5.32 Å². The number of methoxy groups -OCH3 is 1. The SMILES string of the molecule is COC(=O)CCCNC(C)c1ccc(O)cc1. The van der Waals surface area contributed by atoms with E-state index in [4.69, 9.17) is 5.11 Å². The minimum Gasteiger partial charge on any atom is -0.508 e. The minimum absolute atomic E-state index is 0.177. The van der Waals surface area contributed by atoms with E-state index in [1.165, 1.54) is 7.11 Å². The summed E-state index contributed by atoms with van der Waals surface area (Å²) in [6, 6.07) is 7.30. The third kappa shape index (κ3) is 4.87. The largest absolute Gasteiger partial charge is 0.508 e. The predicted molar refractivity (Wildman–Crippen MR) is 65.8 cm³/mol. The molecular formula is C13H19NO3. The van der Waals surface area contributed by atoms with E-state index in [1.54, 1.807) is 12.1 Å². The van der Waals surface area contributed by atoms with Crippen molar-refractivity contribution in [3.8, 4) is 5.75 Å². The van der Waals surface area contributed by atoms with Gasteiger partial charge in [0, 0.05) is 12.5 Å². The maximum absolute atomic E-state index is 10.9. The van der Waals surface area contributed by atoms with Gasteiger partial charge in [0.25, 0.3) is 0 Å². The minimum atomic E-state index is -0.177. The first kappa shape index (κ1) is 13.5. The van der Waals surface area contributed by atoms with E-state index in [1.807, 2.05) is 19.1 Å². The summed E-state index contributed by atoms with van der Waals surface area (Å²) in [6.45, 7) is 2.81. The summed E-state index contributed by atoms with van der Waals surface area (Å²) in [4.78, 5) is 10.9. The molecule has 0 aliphatic carbocycles. The Morgan fingerprint density at radius 3 is 2.65 bits per heavy atom. The molecule has 0 saturated heterocycles. The van der Waals surface area contributed by atoms with Crippen LogP contribution in [0.4, 0.5) is 0 Å². The Morgan fingerprint density at radius 1 is 1.41 bits per heavy atom. The van der Waals surface area contributed by atoms with Crippen molar-refractivity contribution in [2.24, 2.45) is 0 Å². The predicted octanol–water partition coefficient (Wildman–Crippen LogP) is 2.00. The number of phenolic OH excluding ortho intramolecular Hbond substituents is 1. The number of rotatable bonds is 6. The molecule has 17 heavy (non-hydrogen) atoms. The van der Waals surface area contributed by atoms with E-state index in [2.05, 4.69) is 10.1 Å². The fraction of sp³-hybridized carbons (Fsp3) is 0.462. The number of nitrogens with one attached hydrogen (secondary N) is 1. The van der Waals surface area contributed by atoms with Crippen LogP contribution in [0.3, 0.4) is 0 Å². The quantitative estimate of drug-likeness (QED) is 0.587. The average molecular weight is 237 g/mol. The van der Waals surface area contributed by atoms with Gasteiger partial charge in [0.1, 0.15) is 5.75 Å². The zero-order valence-corrected chi connectivity index (χ0v) is 10.3. The van der Waals surface area contributed by atoms with Crippen LogP contribution in [0.5, 0.6) is 5.75 Å². The third-order valence-corrected chi connectivity index (χ3v) is 2.63. The molecule has 1 aromatic carbocycles. The first-order valence-corrected chi connectivity index (χ1v) is 5.72. The Kier molecular flexibility index (Phi) is 5.49. The lowest BCUT2D eigenvalue weighted by Crippen LogP contribution is -2.20. The highest BCUT2D eigenvalue weighted by Crippen LogP contribution is 2.16. The summed E-state index contributed by atoms with van der Waals surface area (Å²) in [5.74, 6) is 0.0933. The smallest absolute Gasteiger partial charge is 0.305 e. The number of carbonyl (C=O) groups excluding carboxylic acids is 1. The van der Waals surface area contributed by atoms with Crippen molar-refractivity contribution in [3.63, 3.8) is 0 Å². The Bertz CT molecular complexity index is 348. The second-order valence-corrected chi connectivity index (χ2v) is 3.95. The van der Waals surface area contributed by atoms with Crippen molar-refractivity contribution >= 4 is 5.97 Å². The molecular weight excluding hydrogens is 218 g/mol. The molecule has 94 valence electrons. The molecule has 2 N–H and O–H groups in total. The Balaban J connectivity index is 2.27. The second-order valence-electron chi connectivity index (χ2n) is 3.95. The Hall–Kier alpha value is -1.55. The number of hydrogen-bond acceptors (Lipinski definition) is 4. The van der Waals surface area contributed by atoms with Gasteiger partial charge in [0.05, 0.1) is 7.11 Å². The average Bonchev–Trinajstić information content (AvgIpc) is 2.34. The van der Waals surface area contributed by atoms with E-state index >= 15 is 0 Å². The number of esters is 1. The van der Waals surface area contributed by atoms with Crippen LogP contribution in [-0.4, -0.2) is 24.7 Å². The van der Waals surface area contributed by atoms with Crippen LogP contribution in [0.15, 0.2) is 24.3 Å². The van der Waals surface area contributed by atoms with Gasteiger partial charge in [-0.05, 0) is 37.6 Å². The summed E-state index contributed by atoms with van der Waals surface area (Å²) < 4.78 is 4.56. The molecule has 0 amide bonds. The summed E-state index contributed by atoms with van der Waals surface area (Å²) in [6.07, 6.45) is 1.20. The van der Waals surface area contributed by atoms with Crippen LogP contribution in [0.1, 0.15) is 31.4 Å². The van der Waals surface area contributed by atoms with Crippen molar-refractivity contribution in [2.45, 2.75) is 25.8 Å². The number of phenols is 1. The highest BCUT2D eigenvalue weighted by Gasteiger charge is 2.05. The van der Waals surface area contributed by atoms with Crippen molar-refractivity contribution < 1.29 is 14.6 Å². The van der Waals surface area contributed by atoms with Crippen LogP contribution in [0.25, 0.3) is 0 Å². The molecule has 0 aliphatic heterocycles. The molecule has 4 nitrogen and oxygen atoms in total. The van der Waals surface area contributed by atoms with Gasteiger partial charge >= 0.3 is 5.97 Å². The fourth-order valence-electron chi connectivity index (χ4n) is 1.53. The van der Waals surface area contributed by atoms with E-state index in [0.717, 1.165) is 18.5 Å². The summed E-state index contributed by atoms with van der Waals surface area (Å²) >= 11 is 0. The summed E-state index contributed by atoms with van der Waals surface area (Å²) in [5, 5.41) is 12.5. The van der Waals surface area contributed by atoms with Crippen molar-refractivity contribution in [2.75, 3.05) is 13.7 Å². The molecule has 0 bridgehead atoms. The van der Waals surface area contributed by atoms with Crippen molar-refractivity contribution in [1.29, 1.82) is 0 Å². The van der Waals surface area contributed by atoms with Gasteiger partial charge in [-0.1, -0.05) is 12.1 Å². The van der Waals surface area contributed by atoms with E-state index in [0.29, 0.717) is 6.42 Å². The zero-order chi connectivity index (χ0) is 12.7. The molecule has 1 atom stereocenters. The molecule has 4 heteroatoms. The van der Waals surface area contributed by atoms with Gasteiger partial charge in [-0.25, -0.2) is 0 Å². The molecule has 0 aromatic heterocycles. The van der Waals surface area contributed by atoms with Crippen LogP contribution in [0.2, 0.25) is 0 Å². The lowest BCUT2D eigenvalue weighted by molar-refractivity contribution is -0.140. The third-order valence-electron chi connectivity index (χ3n) is 2.63. The molecule has 1 aromatic rings. The first-order valence-electron chi connectivity index (χ1n) is 5.72. The zero-order valence-electron chi connectivity index (χ0n) is 10.3. The lowest BCUT2D eigenvalue weighted by Gasteiger charge is -2.13. The highest BCUT2D eigenvalue weighted by atomic mass is 16.5. The molecule has 0 saturated carbocycles. The van der Waals surface area contributed by atoms with Crippen LogP contribution >= 0.6 is 0 Å². The Labute approximate surface area is 102 Å². The standard InChI is InChI=1S/C13H19NO3/c1-10(11-5-7-12(15)8-6-11)14-9-3-4-13(16)17-2/h5-8,10,14-15H,3-4,9H2,1-2H3. The maximum atomic E-state index is 10.9. The van der Waals surface area contributed by atoms with Gasteiger partial charge in [0.15, 0.2) is 0 Å². The van der Waals surface area contributed by atoms with Gasteiger partial charge in [-0.2, -0.15) is 0 Å². The highest BCUT2D eigenvalue weighted by molar-refractivity contribution is 5.69. The van der Waals surface area contributed by atoms with Crippen LogP contribution < -0.4 is 5.32 Å². The fourth-order valence-corrected chi connectivity index (χ4v) is 1.53. The van der Waals surface area contributed by atoms with Crippen LogP contribution in [-0.2, 0) is 9.53 Å². The number of hydrogen-bond donors (Lipinski definition) is 2. The number of ether oxygens (including phenoxy) is 1. The molecule has 0 aliphatic rings. The monoisotopic (exact) mass is 237 g/mol. The lowest BCUT2D eigenvalue weighted by atomic mass is 10.1. The normalized spacial score (nSPS) is 12.1. The molecule has 1 rings (SSSR count). The molecule has 0 radical (unpaired) electrons. The van der Waals surface area contributed by atoms with Gasteiger partial charge in [0.2, 0.25) is 0 Å². The van der Waals surface area contributed by atoms with Gasteiger partial charge in [-0.15, -0.1) is 0 Å².